The number of carboxylic acids is 1. The van der Waals surface area contributed by atoms with E-state index < -0.39 is 11.9 Å². The van der Waals surface area contributed by atoms with Gasteiger partial charge in [0.05, 0.1) is 0 Å². The van der Waals surface area contributed by atoms with Gasteiger partial charge in [0.15, 0.2) is 0 Å². The Labute approximate surface area is 99.2 Å². The zero-order chi connectivity index (χ0) is 9.14. The van der Waals surface area contributed by atoms with E-state index in [4.69, 9.17) is 5.73 Å². The largest absolute Gasteiger partial charge is 1.00 e. The van der Waals surface area contributed by atoms with Crippen molar-refractivity contribution in [1.82, 2.24) is 0 Å². The van der Waals surface area contributed by atoms with E-state index in [0.717, 1.165) is 0 Å². The number of hydrogen-bond acceptors (Lipinski definition) is 3. The van der Waals surface area contributed by atoms with E-state index in [0.29, 0.717) is 11.3 Å². The van der Waals surface area contributed by atoms with Gasteiger partial charge in [0.1, 0.15) is 0 Å². The van der Waals surface area contributed by atoms with Crippen molar-refractivity contribution in [2.24, 2.45) is 0 Å². The molecule has 0 aliphatic carbocycles. The average Bonchev–Trinajstić information content (AvgIpc) is 2.04. The standard InChI is InChI=1S/C9H11NO2.Na/c1-6(9(11)12)7-2-4-8(10)5-3-7;/h2-6H,10H2,1H3,(H,11,12);/q;+1/p-1. The molecule has 3 nitrogen and oxygen atoms in total. The summed E-state index contributed by atoms with van der Waals surface area (Å²) in [6, 6.07) is 6.73. The normalized spacial score (nSPS) is 11.5. The maximum Gasteiger partial charge on any atom is 1.00 e. The van der Waals surface area contributed by atoms with Gasteiger partial charge in [-0.3, -0.25) is 0 Å². The number of nitrogen functional groups attached to an aromatic ring is 1. The molecule has 0 spiro atoms. The Kier molecular flexibility index (Phi) is 5.06. The quantitative estimate of drug-likeness (QED) is 0.399. The first-order valence-corrected chi connectivity index (χ1v) is 3.67. The van der Waals surface area contributed by atoms with E-state index in [1.54, 1.807) is 31.2 Å². The molecule has 0 heterocycles. The van der Waals surface area contributed by atoms with Gasteiger partial charge in [-0.2, -0.15) is 0 Å². The van der Waals surface area contributed by atoms with Crippen LogP contribution in [0, 0.1) is 0 Å². The molecule has 0 aliphatic rings. The van der Waals surface area contributed by atoms with E-state index >= 15 is 0 Å². The first kappa shape index (κ1) is 12.5. The average molecular weight is 187 g/mol. The summed E-state index contributed by atoms with van der Waals surface area (Å²) in [5.74, 6) is -1.65. The molecule has 1 aromatic rings. The zero-order valence-electron chi connectivity index (χ0n) is 7.78. The van der Waals surface area contributed by atoms with Crippen molar-refractivity contribution in [2.45, 2.75) is 12.8 Å². The number of carbonyl (C=O) groups is 1. The van der Waals surface area contributed by atoms with Gasteiger partial charge in [0.25, 0.3) is 0 Å². The SMILES string of the molecule is CC(C(=O)[O-])c1ccc(N)cc1.[Na+]. The van der Waals surface area contributed by atoms with E-state index in [1.807, 2.05) is 0 Å². The molecule has 0 aromatic heterocycles. The van der Waals surface area contributed by atoms with Gasteiger partial charge in [-0.05, 0) is 17.7 Å². The van der Waals surface area contributed by atoms with Gasteiger partial charge in [-0.1, -0.05) is 19.1 Å². The summed E-state index contributed by atoms with van der Waals surface area (Å²) in [6.45, 7) is 1.58. The number of carbonyl (C=O) groups excluding carboxylic acids is 1. The van der Waals surface area contributed by atoms with Crippen molar-refractivity contribution in [3.8, 4) is 0 Å². The molecule has 0 radical (unpaired) electrons. The van der Waals surface area contributed by atoms with Crippen molar-refractivity contribution in [2.75, 3.05) is 5.73 Å². The Morgan fingerprint density at radius 2 is 1.85 bits per heavy atom. The van der Waals surface area contributed by atoms with Crippen LogP contribution in [-0.2, 0) is 4.79 Å². The Hall–Kier alpha value is -0.510. The van der Waals surface area contributed by atoms with Crippen molar-refractivity contribution < 1.29 is 39.5 Å². The van der Waals surface area contributed by atoms with E-state index in [1.165, 1.54) is 0 Å². The number of anilines is 1. The number of carboxylic acid groups (broad SMARTS) is 1. The van der Waals surface area contributed by atoms with Crippen LogP contribution in [0.25, 0.3) is 0 Å². The van der Waals surface area contributed by atoms with Crippen LogP contribution in [0.5, 0.6) is 0 Å². The molecule has 0 aliphatic heterocycles. The predicted octanol–water partition coefficient (Wildman–Crippen LogP) is -2.87. The smallest absolute Gasteiger partial charge is 0.550 e. The van der Waals surface area contributed by atoms with Gasteiger partial charge in [-0.25, -0.2) is 0 Å². The molecule has 4 heteroatoms. The molecule has 1 rings (SSSR count). The van der Waals surface area contributed by atoms with Crippen LogP contribution in [0.3, 0.4) is 0 Å². The van der Waals surface area contributed by atoms with Crippen LogP contribution in [0.15, 0.2) is 24.3 Å². The first-order chi connectivity index (χ1) is 5.61. The number of aliphatic carboxylic acids is 1. The summed E-state index contributed by atoms with van der Waals surface area (Å²) in [6.07, 6.45) is 0. The number of benzene rings is 1. The molecule has 0 saturated heterocycles. The third-order valence-electron chi connectivity index (χ3n) is 1.79. The maximum atomic E-state index is 10.4. The van der Waals surface area contributed by atoms with Gasteiger partial charge in [-0.15, -0.1) is 0 Å². The summed E-state index contributed by atoms with van der Waals surface area (Å²) < 4.78 is 0. The van der Waals surface area contributed by atoms with Crippen LogP contribution < -0.4 is 40.4 Å². The molecule has 1 atom stereocenters. The number of hydrogen-bond donors (Lipinski definition) is 1. The molecule has 0 amide bonds. The Morgan fingerprint density at radius 3 is 2.23 bits per heavy atom. The summed E-state index contributed by atoms with van der Waals surface area (Å²) in [4.78, 5) is 10.4. The minimum atomic E-state index is -1.07. The monoisotopic (exact) mass is 187 g/mol. The zero-order valence-corrected chi connectivity index (χ0v) is 9.78. The predicted molar refractivity (Wildman–Crippen MR) is 44.3 cm³/mol. The topological polar surface area (TPSA) is 66.1 Å². The third-order valence-corrected chi connectivity index (χ3v) is 1.79. The molecule has 13 heavy (non-hydrogen) atoms. The minimum absolute atomic E-state index is 0. The van der Waals surface area contributed by atoms with E-state index in [2.05, 4.69) is 0 Å². The van der Waals surface area contributed by atoms with Gasteiger partial charge in [0.2, 0.25) is 0 Å². The Bertz CT molecular complexity index is 284. The molecular formula is C9H10NNaO2. The molecule has 0 bridgehead atoms. The van der Waals surface area contributed by atoms with Gasteiger partial charge >= 0.3 is 29.6 Å². The molecular weight excluding hydrogens is 177 g/mol. The van der Waals surface area contributed by atoms with Crippen LogP contribution >= 0.6 is 0 Å². The fraction of sp³-hybridized carbons (Fsp3) is 0.222. The Morgan fingerprint density at radius 1 is 1.38 bits per heavy atom. The van der Waals surface area contributed by atoms with Gasteiger partial charge < -0.3 is 15.6 Å². The fourth-order valence-corrected chi connectivity index (χ4v) is 0.921. The minimum Gasteiger partial charge on any atom is -0.550 e. The third kappa shape index (κ3) is 3.38. The van der Waals surface area contributed by atoms with Crippen LogP contribution in [-0.4, -0.2) is 5.97 Å². The van der Waals surface area contributed by atoms with Crippen LogP contribution in [0.1, 0.15) is 18.4 Å². The molecule has 0 fully saturated rings. The summed E-state index contributed by atoms with van der Waals surface area (Å²) in [5.41, 5.74) is 6.78. The first-order valence-electron chi connectivity index (χ1n) is 3.67. The number of nitrogens with two attached hydrogens (primary N) is 1. The number of rotatable bonds is 2. The van der Waals surface area contributed by atoms with E-state index in [-0.39, 0.29) is 29.6 Å². The van der Waals surface area contributed by atoms with Crippen molar-refractivity contribution in [3.63, 3.8) is 0 Å². The molecule has 1 unspecified atom stereocenters. The van der Waals surface area contributed by atoms with Crippen LogP contribution in [0.4, 0.5) is 5.69 Å². The molecule has 0 saturated carbocycles. The summed E-state index contributed by atoms with van der Waals surface area (Å²) in [7, 11) is 0. The van der Waals surface area contributed by atoms with Gasteiger partial charge in [0, 0.05) is 17.6 Å². The second kappa shape index (κ2) is 5.27. The molecule has 1 aromatic carbocycles. The second-order valence-electron chi connectivity index (χ2n) is 2.71. The maximum absolute atomic E-state index is 10.4. The van der Waals surface area contributed by atoms with Crippen molar-refractivity contribution in [3.05, 3.63) is 29.8 Å². The van der Waals surface area contributed by atoms with Crippen molar-refractivity contribution in [1.29, 1.82) is 0 Å². The van der Waals surface area contributed by atoms with Crippen LogP contribution in [0.2, 0.25) is 0 Å². The summed E-state index contributed by atoms with van der Waals surface area (Å²) >= 11 is 0. The summed E-state index contributed by atoms with van der Waals surface area (Å²) in [5, 5.41) is 10.4. The van der Waals surface area contributed by atoms with Crippen molar-refractivity contribution >= 4 is 11.7 Å². The fourth-order valence-electron chi connectivity index (χ4n) is 0.921. The van der Waals surface area contributed by atoms with E-state index in [9.17, 15) is 9.90 Å². The molecule has 64 valence electrons. The molecule has 2 N–H and O–H groups in total. The Balaban J connectivity index is 0.00000144. The second-order valence-corrected chi connectivity index (χ2v) is 2.71.